The van der Waals surface area contributed by atoms with Crippen LogP contribution in [-0.2, 0) is 0 Å². The molecule has 0 atom stereocenters. The lowest BCUT2D eigenvalue weighted by Gasteiger charge is -2.05. The summed E-state index contributed by atoms with van der Waals surface area (Å²) in [5.41, 5.74) is 6.88. The largest absolute Gasteiger partial charge is 0.497 e. The van der Waals surface area contributed by atoms with E-state index in [-0.39, 0.29) is 0 Å². The van der Waals surface area contributed by atoms with E-state index in [2.05, 4.69) is 15.1 Å². The maximum atomic E-state index is 5.59. The summed E-state index contributed by atoms with van der Waals surface area (Å²) < 4.78 is 15.7. The van der Waals surface area contributed by atoms with Gasteiger partial charge in [0.2, 0.25) is 5.82 Å². The van der Waals surface area contributed by atoms with Crippen molar-refractivity contribution in [2.45, 2.75) is 0 Å². The van der Waals surface area contributed by atoms with Crippen LogP contribution in [0.15, 0.2) is 28.1 Å². The van der Waals surface area contributed by atoms with E-state index in [1.165, 1.54) is 11.3 Å². The number of rotatable bonds is 4. The molecule has 0 bridgehead atoms. The van der Waals surface area contributed by atoms with Crippen molar-refractivity contribution in [3.63, 3.8) is 0 Å². The van der Waals surface area contributed by atoms with E-state index in [9.17, 15) is 0 Å². The van der Waals surface area contributed by atoms with Crippen LogP contribution in [0.25, 0.3) is 23.0 Å². The monoisotopic (exact) mass is 304 g/mol. The molecule has 2 aromatic heterocycles. The summed E-state index contributed by atoms with van der Waals surface area (Å²) in [6.07, 6.45) is 0. The molecular formula is C13H12N4O3S. The van der Waals surface area contributed by atoms with Crippen molar-refractivity contribution in [2.75, 3.05) is 20.0 Å². The molecule has 2 N–H and O–H groups in total. The van der Waals surface area contributed by atoms with Crippen LogP contribution in [0.3, 0.4) is 0 Å². The average molecular weight is 304 g/mol. The molecule has 0 aliphatic heterocycles. The van der Waals surface area contributed by atoms with Crippen LogP contribution in [0.5, 0.6) is 11.5 Å². The molecule has 108 valence electrons. The number of hydrogen-bond donors (Lipinski definition) is 1. The fourth-order valence-electron chi connectivity index (χ4n) is 1.77. The van der Waals surface area contributed by atoms with E-state index < -0.39 is 0 Å². The molecule has 8 heteroatoms. The van der Waals surface area contributed by atoms with E-state index in [1.54, 1.807) is 37.8 Å². The Bertz CT molecular complexity index is 746. The van der Waals surface area contributed by atoms with Crippen LogP contribution in [-0.4, -0.2) is 29.3 Å². The van der Waals surface area contributed by atoms with Gasteiger partial charge in [0.25, 0.3) is 5.89 Å². The second-order valence-electron chi connectivity index (χ2n) is 4.10. The predicted molar refractivity (Wildman–Crippen MR) is 78.4 cm³/mol. The Morgan fingerprint density at radius 1 is 1.10 bits per heavy atom. The Morgan fingerprint density at radius 3 is 2.38 bits per heavy atom. The third-order valence-corrected chi connectivity index (χ3v) is 3.45. The van der Waals surface area contributed by atoms with Gasteiger partial charge in [0.1, 0.15) is 17.2 Å². The van der Waals surface area contributed by atoms with Crippen molar-refractivity contribution in [3.8, 4) is 34.5 Å². The van der Waals surface area contributed by atoms with Gasteiger partial charge in [-0.1, -0.05) is 5.16 Å². The standard InChI is InChI=1S/C13H12N4O3S/c1-18-8-3-7(4-9(5-8)19-2)11-16-12(20-17-11)10-6-21-13(14)15-10/h3-6H,1-2H3,(H2,14,15). The molecule has 0 saturated heterocycles. The fourth-order valence-corrected chi connectivity index (χ4v) is 2.30. The molecule has 0 saturated carbocycles. The van der Waals surface area contributed by atoms with E-state index in [0.29, 0.717) is 34.0 Å². The molecule has 0 amide bonds. The maximum Gasteiger partial charge on any atom is 0.277 e. The van der Waals surface area contributed by atoms with Crippen molar-refractivity contribution in [2.24, 2.45) is 0 Å². The third kappa shape index (κ3) is 2.65. The van der Waals surface area contributed by atoms with Crippen molar-refractivity contribution < 1.29 is 14.0 Å². The number of aromatic nitrogens is 3. The van der Waals surface area contributed by atoms with Crippen LogP contribution >= 0.6 is 11.3 Å². The summed E-state index contributed by atoms with van der Waals surface area (Å²) in [4.78, 5) is 8.42. The molecule has 0 radical (unpaired) electrons. The van der Waals surface area contributed by atoms with E-state index in [1.807, 2.05) is 0 Å². The van der Waals surface area contributed by atoms with Crippen LogP contribution in [0.2, 0.25) is 0 Å². The number of thiazole rings is 1. The van der Waals surface area contributed by atoms with Crippen LogP contribution < -0.4 is 15.2 Å². The van der Waals surface area contributed by atoms with Gasteiger partial charge in [-0.3, -0.25) is 0 Å². The SMILES string of the molecule is COc1cc(OC)cc(-c2noc(-c3csc(N)n3)n2)c1. The summed E-state index contributed by atoms with van der Waals surface area (Å²) in [7, 11) is 3.16. The zero-order valence-corrected chi connectivity index (χ0v) is 12.2. The quantitative estimate of drug-likeness (QED) is 0.790. The van der Waals surface area contributed by atoms with Gasteiger partial charge in [0.05, 0.1) is 14.2 Å². The number of nitrogens with two attached hydrogens (primary N) is 1. The Hall–Kier alpha value is -2.61. The fraction of sp³-hybridized carbons (Fsp3) is 0.154. The Morgan fingerprint density at radius 2 is 1.81 bits per heavy atom. The number of nitrogen functional groups attached to an aromatic ring is 1. The summed E-state index contributed by atoms with van der Waals surface area (Å²) in [5, 5.41) is 6.16. The lowest BCUT2D eigenvalue weighted by atomic mass is 10.2. The van der Waals surface area contributed by atoms with Crippen molar-refractivity contribution >= 4 is 16.5 Å². The molecule has 1 aromatic carbocycles. The molecule has 21 heavy (non-hydrogen) atoms. The first-order chi connectivity index (χ1) is 10.2. The van der Waals surface area contributed by atoms with Gasteiger partial charge in [0.15, 0.2) is 5.13 Å². The Balaban J connectivity index is 1.99. The number of nitrogens with zero attached hydrogens (tertiary/aromatic N) is 3. The van der Waals surface area contributed by atoms with E-state index in [4.69, 9.17) is 19.7 Å². The highest BCUT2D eigenvalue weighted by Gasteiger charge is 2.14. The molecule has 7 nitrogen and oxygen atoms in total. The smallest absolute Gasteiger partial charge is 0.277 e. The van der Waals surface area contributed by atoms with Crippen LogP contribution in [0, 0.1) is 0 Å². The van der Waals surface area contributed by atoms with Gasteiger partial charge in [-0.2, -0.15) is 4.98 Å². The number of anilines is 1. The van der Waals surface area contributed by atoms with Gasteiger partial charge in [-0.05, 0) is 12.1 Å². The molecule has 0 unspecified atom stereocenters. The minimum absolute atomic E-state index is 0.319. The molecule has 0 aliphatic carbocycles. The zero-order valence-electron chi connectivity index (χ0n) is 11.4. The highest BCUT2D eigenvalue weighted by atomic mass is 32.1. The molecule has 0 spiro atoms. The van der Waals surface area contributed by atoms with Gasteiger partial charge in [0, 0.05) is 17.0 Å². The van der Waals surface area contributed by atoms with Gasteiger partial charge in [-0.25, -0.2) is 4.98 Å². The third-order valence-electron chi connectivity index (χ3n) is 2.78. The first kappa shape index (κ1) is 13.4. The number of methoxy groups -OCH3 is 2. The molecule has 0 fully saturated rings. The topological polar surface area (TPSA) is 96.3 Å². The first-order valence-corrected chi connectivity index (χ1v) is 6.86. The minimum Gasteiger partial charge on any atom is -0.497 e. The Kier molecular flexibility index (Phi) is 3.44. The lowest BCUT2D eigenvalue weighted by Crippen LogP contribution is -1.90. The van der Waals surface area contributed by atoms with Gasteiger partial charge in [-0.15, -0.1) is 11.3 Å². The summed E-state index contributed by atoms with van der Waals surface area (Å²) in [6, 6.07) is 5.37. The highest BCUT2D eigenvalue weighted by molar-refractivity contribution is 7.13. The van der Waals surface area contributed by atoms with Gasteiger partial charge < -0.3 is 19.7 Å². The molecule has 3 aromatic rings. The van der Waals surface area contributed by atoms with Gasteiger partial charge >= 0.3 is 0 Å². The Labute approximate surface area is 124 Å². The number of benzene rings is 1. The van der Waals surface area contributed by atoms with Crippen LogP contribution in [0.1, 0.15) is 0 Å². The zero-order chi connectivity index (χ0) is 14.8. The average Bonchev–Trinajstić information content (AvgIpc) is 3.15. The van der Waals surface area contributed by atoms with Crippen LogP contribution in [0.4, 0.5) is 5.13 Å². The summed E-state index contributed by atoms with van der Waals surface area (Å²) in [5.74, 6) is 2.04. The van der Waals surface area contributed by atoms with Crippen molar-refractivity contribution in [1.82, 2.24) is 15.1 Å². The number of ether oxygens (including phenoxy) is 2. The lowest BCUT2D eigenvalue weighted by molar-refractivity contribution is 0.394. The van der Waals surface area contributed by atoms with Crippen molar-refractivity contribution in [1.29, 1.82) is 0 Å². The van der Waals surface area contributed by atoms with Crippen molar-refractivity contribution in [3.05, 3.63) is 23.6 Å². The normalized spacial score (nSPS) is 10.6. The number of hydrogen-bond acceptors (Lipinski definition) is 8. The second kappa shape index (κ2) is 5.41. The van der Waals surface area contributed by atoms with E-state index in [0.717, 1.165) is 5.56 Å². The summed E-state index contributed by atoms with van der Waals surface area (Å²) >= 11 is 1.32. The molecular weight excluding hydrogens is 292 g/mol. The second-order valence-corrected chi connectivity index (χ2v) is 4.99. The predicted octanol–water partition coefficient (Wildman–Crippen LogP) is 2.46. The summed E-state index contributed by atoms with van der Waals surface area (Å²) in [6.45, 7) is 0. The highest BCUT2D eigenvalue weighted by Crippen LogP contribution is 2.30. The molecule has 3 rings (SSSR count). The maximum absolute atomic E-state index is 5.59. The molecule has 0 aliphatic rings. The van der Waals surface area contributed by atoms with E-state index >= 15 is 0 Å². The molecule has 2 heterocycles. The first-order valence-electron chi connectivity index (χ1n) is 5.98. The minimum atomic E-state index is 0.319.